The predicted molar refractivity (Wildman–Crippen MR) is 64.3 cm³/mol. The summed E-state index contributed by atoms with van der Waals surface area (Å²) in [7, 11) is 0. The fraction of sp³-hybridized carbons (Fsp3) is 0.364. The van der Waals surface area contributed by atoms with Crippen molar-refractivity contribution in [3.8, 4) is 0 Å². The average Bonchev–Trinajstić information content (AvgIpc) is 2.41. The van der Waals surface area contributed by atoms with Crippen LogP contribution in [0.5, 0.6) is 0 Å². The molecule has 1 fully saturated rings. The van der Waals surface area contributed by atoms with Gasteiger partial charge in [0, 0.05) is 19.2 Å². The monoisotopic (exact) mass is 269 g/mol. The zero-order chi connectivity index (χ0) is 13.8. The van der Waals surface area contributed by atoms with Gasteiger partial charge >= 0.3 is 0 Å². The minimum absolute atomic E-state index is 0.107. The van der Waals surface area contributed by atoms with Gasteiger partial charge in [-0.25, -0.2) is 4.39 Å². The fourth-order valence-electron chi connectivity index (χ4n) is 1.67. The van der Waals surface area contributed by atoms with E-state index in [9.17, 15) is 19.3 Å². The lowest BCUT2D eigenvalue weighted by atomic mass is 10.2. The van der Waals surface area contributed by atoms with Crippen LogP contribution < -0.4 is 10.6 Å². The van der Waals surface area contributed by atoms with E-state index in [2.05, 4.69) is 10.6 Å². The highest BCUT2D eigenvalue weighted by molar-refractivity contribution is 5.94. The molecule has 102 valence electrons. The molecule has 1 aromatic carbocycles. The van der Waals surface area contributed by atoms with E-state index in [0.717, 1.165) is 18.2 Å². The Morgan fingerprint density at radius 3 is 2.95 bits per heavy atom. The SMILES string of the molecule is O=C(Nc1ccc([N+](=O)[O-])cc1F)C1CNCCO1. The van der Waals surface area contributed by atoms with Gasteiger partial charge in [-0.3, -0.25) is 14.9 Å². The van der Waals surface area contributed by atoms with Crippen molar-refractivity contribution in [2.45, 2.75) is 6.10 Å². The van der Waals surface area contributed by atoms with Crippen LogP contribution >= 0.6 is 0 Å². The highest BCUT2D eigenvalue weighted by Gasteiger charge is 2.23. The third kappa shape index (κ3) is 3.24. The summed E-state index contributed by atoms with van der Waals surface area (Å²) in [6.07, 6.45) is -0.691. The standard InChI is InChI=1S/C11H12FN3O4/c12-8-5-7(15(17)18)1-2-9(8)14-11(16)10-6-13-3-4-19-10/h1-2,5,10,13H,3-4,6H2,(H,14,16). The summed E-state index contributed by atoms with van der Waals surface area (Å²) in [6, 6.07) is 3.04. The molecule has 7 nitrogen and oxygen atoms in total. The molecule has 1 atom stereocenters. The van der Waals surface area contributed by atoms with Crippen LogP contribution in [0.4, 0.5) is 15.8 Å². The molecule has 1 amide bonds. The van der Waals surface area contributed by atoms with Crippen LogP contribution in [0, 0.1) is 15.9 Å². The van der Waals surface area contributed by atoms with Crippen LogP contribution in [0.25, 0.3) is 0 Å². The van der Waals surface area contributed by atoms with Gasteiger partial charge in [-0.2, -0.15) is 0 Å². The van der Waals surface area contributed by atoms with E-state index in [1.54, 1.807) is 0 Å². The minimum atomic E-state index is -0.855. The number of morpholine rings is 1. The van der Waals surface area contributed by atoms with E-state index >= 15 is 0 Å². The number of nitrogens with one attached hydrogen (secondary N) is 2. The summed E-state index contributed by atoms with van der Waals surface area (Å²) in [4.78, 5) is 21.5. The molecular formula is C11H12FN3O4. The number of hydrogen-bond acceptors (Lipinski definition) is 5. The molecule has 0 saturated carbocycles. The van der Waals surface area contributed by atoms with Crippen LogP contribution in [-0.2, 0) is 9.53 Å². The van der Waals surface area contributed by atoms with Crippen molar-refractivity contribution in [1.29, 1.82) is 0 Å². The lowest BCUT2D eigenvalue weighted by Gasteiger charge is -2.22. The number of ether oxygens (including phenoxy) is 1. The van der Waals surface area contributed by atoms with Crippen LogP contribution in [0.1, 0.15) is 0 Å². The molecular weight excluding hydrogens is 257 g/mol. The number of carbonyl (C=O) groups excluding carboxylic acids is 1. The molecule has 2 rings (SSSR count). The highest BCUT2D eigenvalue weighted by atomic mass is 19.1. The number of non-ortho nitro benzene ring substituents is 1. The third-order valence-electron chi connectivity index (χ3n) is 2.64. The van der Waals surface area contributed by atoms with Crippen molar-refractivity contribution >= 4 is 17.3 Å². The molecule has 0 spiro atoms. The number of nitrogens with zero attached hydrogens (tertiary/aromatic N) is 1. The van der Waals surface area contributed by atoms with Crippen molar-refractivity contribution in [2.24, 2.45) is 0 Å². The Kier molecular flexibility index (Phi) is 4.03. The molecule has 8 heteroatoms. The van der Waals surface area contributed by atoms with E-state index in [1.165, 1.54) is 0 Å². The number of carbonyl (C=O) groups is 1. The second-order valence-electron chi connectivity index (χ2n) is 3.97. The zero-order valence-electron chi connectivity index (χ0n) is 9.89. The van der Waals surface area contributed by atoms with E-state index in [1.807, 2.05) is 0 Å². The van der Waals surface area contributed by atoms with Crippen molar-refractivity contribution in [3.63, 3.8) is 0 Å². The Balaban J connectivity index is 2.06. The van der Waals surface area contributed by atoms with Crippen LogP contribution in [-0.4, -0.2) is 36.6 Å². The van der Waals surface area contributed by atoms with Crippen LogP contribution in [0.3, 0.4) is 0 Å². The number of nitro benzene ring substituents is 1. The summed E-state index contributed by atoms with van der Waals surface area (Å²) < 4.78 is 18.8. The molecule has 2 N–H and O–H groups in total. The number of hydrogen-bond donors (Lipinski definition) is 2. The first kappa shape index (κ1) is 13.4. The third-order valence-corrected chi connectivity index (χ3v) is 2.64. The van der Waals surface area contributed by atoms with Crippen molar-refractivity contribution in [1.82, 2.24) is 5.32 Å². The molecule has 19 heavy (non-hydrogen) atoms. The predicted octanol–water partition coefficient (Wildman–Crippen LogP) is 0.661. The number of nitro groups is 1. The normalized spacial score (nSPS) is 18.9. The zero-order valence-corrected chi connectivity index (χ0v) is 9.89. The first-order valence-corrected chi connectivity index (χ1v) is 5.65. The maximum atomic E-state index is 13.6. The number of benzene rings is 1. The van der Waals surface area contributed by atoms with E-state index < -0.39 is 22.8 Å². The Bertz CT molecular complexity index is 503. The molecule has 0 aromatic heterocycles. The van der Waals surface area contributed by atoms with Gasteiger partial charge in [0.2, 0.25) is 0 Å². The van der Waals surface area contributed by atoms with E-state index in [0.29, 0.717) is 19.7 Å². The van der Waals surface area contributed by atoms with Gasteiger partial charge < -0.3 is 15.4 Å². The molecule has 0 aliphatic carbocycles. The summed E-state index contributed by atoms with van der Waals surface area (Å²) >= 11 is 0. The maximum absolute atomic E-state index is 13.6. The molecule has 1 heterocycles. The lowest BCUT2D eigenvalue weighted by molar-refractivity contribution is -0.385. The van der Waals surface area contributed by atoms with Gasteiger partial charge in [-0.15, -0.1) is 0 Å². The Morgan fingerprint density at radius 2 is 2.37 bits per heavy atom. The summed E-state index contributed by atoms with van der Waals surface area (Å²) in [5, 5.41) is 15.8. The van der Waals surface area contributed by atoms with Gasteiger partial charge in [-0.1, -0.05) is 0 Å². The molecule has 1 aromatic rings. The first-order valence-electron chi connectivity index (χ1n) is 5.65. The van der Waals surface area contributed by atoms with Gasteiger partial charge in [0.1, 0.15) is 6.10 Å². The molecule has 1 unspecified atom stereocenters. The Labute approximate surface area is 107 Å². The fourth-order valence-corrected chi connectivity index (χ4v) is 1.67. The highest BCUT2D eigenvalue weighted by Crippen LogP contribution is 2.20. The summed E-state index contributed by atoms with van der Waals surface area (Å²) in [6.45, 7) is 1.41. The minimum Gasteiger partial charge on any atom is -0.366 e. The van der Waals surface area contributed by atoms with Crippen molar-refractivity contribution < 1.29 is 18.8 Å². The van der Waals surface area contributed by atoms with Crippen molar-refractivity contribution in [2.75, 3.05) is 25.0 Å². The lowest BCUT2D eigenvalue weighted by Crippen LogP contribution is -2.45. The van der Waals surface area contributed by atoms with Crippen molar-refractivity contribution in [3.05, 3.63) is 34.1 Å². The number of rotatable bonds is 3. The largest absolute Gasteiger partial charge is 0.366 e. The van der Waals surface area contributed by atoms with E-state index in [4.69, 9.17) is 4.74 Å². The summed E-state index contributed by atoms with van der Waals surface area (Å²) in [5.41, 5.74) is -0.476. The second kappa shape index (κ2) is 5.72. The molecule has 0 radical (unpaired) electrons. The Hall–Kier alpha value is -2.06. The average molecular weight is 269 g/mol. The number of amides is 1. The second-order valence-corrected chi connectivity index (χ2v) is 3.97. The van der Waals surface area contributed by atoms with Crippen LogP contribution in [0.15, 0.2) is 18.2 Å². The first-order chi connectivity index (χ1) is 9.08. The molecule has 1 aliphatic rings. The van der Waals surface area contributed by atoms with Crippen LogP contribution in [0.2, 0.25) is 0 Å². The molecule has 0 bridgehead atoms. The van der Waals surface area contributed by atoms with Gasteiger partial charge in [-0.05, 0) is 6.07 Å². The maximum Gasteiger partial charge on any atom is 0.272 e. The van der Waals surface area contributed by atoms with Gasteiger partial charge in [0.15, 0.2) is 5.82 Å². The quantitative estimate of drug-likeness (QED) is 0.621. The van der Waals surface area contributed by atoms with Gasteiger partial charge in [0.05, 0.1) is 23.3 Å². The van der Waals surface area contributed by atoms with E-state index in [-0.39, 0.29) is 11.4 Å². The smallest absolute Gasteiger partial charge is 0.272 e. The number of anilines is 1. The topological polar surface area (TPSA) is 93.5 Å². The number of halogens is 1. The molecule has 1 saturated heterocycles. The molecule has 1 aliphatic heterocycles. The Morgan fingerprint density at radius 1 is 1.58 bits per heavy atom. The summed E-state index contributed by atoms with van der Waals surface area (Å²) in [5.74, 6) is -1.34. The van der Waals surface area contributed by atoms with Gasteiger partial charge in [0.25, 0.3) is 11.6 Å².